The number of ether oxygens (including phenoxy) is 3. The molecular formula is C24H31N3O4. The van der Waals surface area contributed by atoms with E-state index in [4.69, 9.17) is 14.2 Å². The maximum Gasteiger partial charge on any atom is 0.259 e. The first-order chi connectivity index (χ1) is 15.1. The summed E-state index contributed by atoms with van der Waals surface area (Å²) in [5.74, 6) is 1.62. The zero-order valence-corrected chi connectivity index (χ0v) is 18.6. The summed E-state index contributed by atoms with van der Waals surface area (Å²) < 4.78 is 15.9. The van der Waals surface area contributed by atoms with Crippen molar-refractivity contribution in [3.8, 4) is 17.5 Å². The van der Waals surface area contributed by atoms with Crippen LogP contribution in [0, 0.1) is 5.41 Å². The Morgan fingerprint density at radius 3 is 2.68 bits per heavy atom. The van der Waals surface area contributed by atoms with Gasteiger partial charge in [-0.2, -0.15) is 4.98 Å². The first kappa shape index (κ1) is 21.4. The number of hydrogen-bond donors (Lipinski definition) is 0. The first-order valence-corrected chi connectivity index (χ1v) is 10.8. The minimum Gasteiger partial charge on any atom is -0.497 e. The number of amides is 1. The highest BCUT2D eigenvalue weighted by atomic mass is 16.5. The second kappa shape index (κ2) is 9.14. The molecule has 1 atom stereocenters. The third-order valence-electron chi connectivity index (χ3n) is 6.47. The van der Waals surface area contributed by atoms with Gasteiger partial charge in [0.15, 0.2) is 0 Å². The van der Waals surface area contributed by atoms with Gasteiger partial charge in [-0.05, 0) is 49.6 Å². The lowest BCUT2D eigenvalue weighted by Crippen LogP contribution is -2.45. The minimum atomic E-state index is -0.0196. The largest absolute Gasteiger partial charge is 0.497 e. The van der Waals surface area contributed by atoms with Gasteiger partial charge in [0, 0.05) is 37.7 Å². The molecule has 2 aromatic rings. The standard InChI is InChI=1S/C24H31N3O4/c1-29-19-7-4-6-18(14-19)15-26-12-5-10-24(16-26)11-13-27(17-24)23(28)20-8-9-21(30-2)25-22(20)31-3/h4,6-9,14H,5,10-13,15-17H2,1-3H3/t24-/m1/s1. The molecule has 0 N–H and O–H groups in total. The topological polar surface area (TPSA) is 64.1 Å². The van der Waals surface area contributed by atoms with E-state index in [9.17, 15) is 4.79 Å². The highest BCUT2D eigenvalue weighted by Gasteiger charge is 2.43. The molecule has 1 aromatic carbocycles. The Bertz CT molecular complexity index is 935. The molecule has 7 heteroatoms. The van der Waals surface area contributed by atoms with Crippen LogP contribution in [0.1, 0.15) is 35.2 Å². The van der Waals surface area contributed by atoms with Crippen LogP contribution < -0.4 is 14.2 Å². The van der Waals surface area contributed by atoms with Gasteiger partial charge >= 0.3 is 0 Å². The van der Waals surface area contributed by atoms with Crippen molar-refractivity contribution < 1.29 is 19.0 Å². The lowest BCUT2D eigenvalue weighted by atomic mass is 9.79. The number of methoxy groups -OCH3 is 3. The van der Waals surface area contributed by atoms with E-state index < -0.39 is 0 Å². The summed E-state index contributed by atoms with van der Waals surface area (Å²) in [6.07, 6.45) is 3.34. The van der Waals surface area contributed by atoms with E-state index in [1.165, 1.54) is 12.7 Å². The van der Waals surface area contributed by atoms with Gasteiger partial charge < -0.3 is 19.1 Å². The average molecular weight is 426 g/mol. The van der Waals surface area contributed by atoms with Crippen LogP contribution in [-0.4, -0.2) is 68.2 Å². The maximum absolute atomic E-state index is 13.2. The number of carbonyl (C=O) groups is 1. The molecule has 0 aliphatic carbocycles. The van der Waals surface area contributed by atoms with Crippen molar-refractivity contribution in [1.29, 1.82) is 0 Å². The Balaban J connectivity index is 1.44. The highest BCUT2D eigenvalue weighted by molar-refractivity contribution is 5.96. The number of nitrogens with zero attached hydrogens (tertiary/aromatic N) is 3. The molecule has 1 amide bonds. The molecule has 7 nitrogen and oxygen atoms in total. The Labute approximate surface area is 183 Å². The van der Waals surface area contributed by atoms with Crippen molar-refractivity contribution in [2.45, 2.75) is 25.8 Å². The van der Waals surface area contributed by atoms with Crippen molar-refractivity contribution in [3.05, 3.63) is 47.5 Å². The third kappa shape index (κ3) is 4.61. The molecule has 2 aliphatic rings. The minimum absolute atomic E-state index is 0.0196. The van der Waals surface area contributed by atoms with Gasteiger partial charge in [0.2, 0.25) is 11.8 Å². The molecule has 2 fully saturated rings. The zero-order chi connectivity index (χ0) is 21.8. The van der Waals surface area contributed by atoms with E-state index in [0.717, 1.165) is 57.7 Å². The molecule has 0 bridgehead atoms. The van der Waals surface area contributed by atoms with Crippen LogP contribution in [0.2, 0.25) is 0 Å². The number of hydrogen-bond acceptors (Lipinski definition) is 6. The van der Waals surface area contributed by atoms with E-state index in [2.05, 4.69) is 22.0 Å². The van der Waals surface area contributed by atoms with Crippen molar-refractivity contribution in [2.24, 2.45) is 5.41 Å². The molecular weight excluding hydrogens is 394 g/mol. The number of likely N-dealkylation sites (tertiary alicyclic amines) is 2. The fraction of sp³-hybridized carbons (Fsp3) is 0.500. The average Bonchev–Trinajstić information content (AvgIpc) is 3.21. The lowest BCUT2D eigenvalue weighted by Gasteiger charge is -2.40. The van der Waals surface area contributed by atoms with Crippen LogP contribution >= 0.6 is 0 Å². The van der Waals surface area contributed by atoms with Crippen molar-refractivity contribution in [1.82, 2.24) is 14.8 Å². The van der Waals surface area contributed by atoms with Crippen molar-refractivity contribution >= 4 is 5.91 Å². The third-order valence-corrected chi connectivity index (χ3v) is 6.47. The molecule has 166 valence electrons. The molecule has 2 saturated heterocycles. The zero-order valence-electron chi connectivity index (χ0n) is 18.6. The molecule has 0 unspecified atom stereocenters. The molecule has 2 aliphatic heterocycles. The summed E-state index contributed by atoms with van der Waals surface area (Å²) >= 11 is 0. The molecule has 31 heavy (non-hydrogen) atoms. The fourth-order valence-electron chi connectivity index (χ4n) is 4.94. The number of aromatic nitrogens is 1. The van der Waals surface area contributed by atoms with E-state index in [0.29, 0.717) is 17.3 Å². The number of carbonyl (C=O) groups excluding carboxylic acids is 1. The van der Waals surface area contributed by atoms with Gasteiger partial charge in [0.25, 0.3) is 5.91 Å². The number of pyridine rings is 1. The van der Waals surface area contributed by atoms with Crippen molar-refractivity contribution in [3.63, 3.8) is 0 Å². The van der Waals surface area contributed by atoms with Crippen LogP contribution in [-0.2, 0) is 6.54 Å². The first-order valence-electron chi connectivity index (χ1n) is 10.8. The van der Waals surface area contributed by atoms with E-state index in [1.54, 1.807) is 26.4 Å². The summed E-state index contributed by atoms with van der Waals surface area (Å²) in [4.78, 5) is 22.0. The van der Waals surface area contributed by atoms with Gasteiger partial charge in [0.1, 0.15) is 11.3 Å². The summed E-state index contributed by atoms with van der Waals surface area (Å²) in [5.41, 5.74) is 1.90. The van der Waals surface area contributed by atoms with Crippen LogP contribution in [0.5, 0.6) is 17.5 Å². The highest BCUT2D eigenvalue weighted by Crippen LogP contribution is 2.40. The van der Waals surface area contributed by atoms with Gasteiger partial charge in [-0.1, -0.05) is 12.1 Å². The molecule has 3 heterocycles. The fourth-order valence-corrected chi connectivity index (χ4v) is 4.94. The second-order valence-electron chi connectivity index (χ2n) is 8.55. The van der Waals surface area contributed by atoms with E-state index >= 15 is 0 Å². The van der Waals surface area contributed by atoms with Crippen LogP contribution in [0.25, 0.3) is 0 Å². The monoisotopic (exact) mass is 425 g/mol. The second-order valence-corrected chi connectivity index (χ2v) is 8.55. The van der Waals surface area contributed by atoms with Crippen LogP contribution in [0.4, 0.5) is 0 Å². The Kier molecular flexibility index (Phi) is 6.32. The van der Waals surface area contributed by atoms with Crippen LogP contribution in [0.15, 0.2) is 36.4 Å². The number of benzene rings is 1. The van der Waals surface area contributed by atoms with Gasteiger partial charge in [-0.25, -0.2) is 0 Å². The summed E-state index contributed by atoms with van der Waals surface area (Å²) in [6, 6.07) is 11.7. The number of rotatable bonds is 6. The van der Waals surface area contributed by atoms with Crippen LogP contribution in [0.3, 0.4) is 0 Å². The van der Waals surface area contributed by atoms with Gasteiger partial charge in [-0.3, -0.25) is 9.69 Å². The molecule has 1 aromatic heterocycles. The SMILES string of the molecule is COc1cccc(CN2CCC[C@@]3(CCN(C(=O)c4ccc(OC)nc4OC)C3)C2)c1. The van der Waals surface area contributed by atoms with Gasteiger partial charge in [-0.15, -0.1) is 0 Å². The van der Waals surface area contributed by atoms with E-state index in [1.807, 2.05) is 17.0 Å². The quantitative estimate of drug-likeness (QED) is 0.708. The predicted molar refractivity (Wildman–Crippen MR) is 118 cm³/mol. The summed E-state index contributed by atoms with van der Waals surface area (Å²) in [6.45, 7) is 4.54. The molecule has 0 saturated carbocycles. The summed E-state index contributed by atoms with van der Waals surface area (Å²) in [7, 11) is 4.78. The summed E-state index contributed by atoms with van der Waals surface area (Å²) in [5, 5.41) is 0. The normalized spacial score (nSPS) is 21.3. The smallest absolute Gasteiger partial charge is 0.259 e. The molecule has 0 radical (unpaired) electrons. The Morgan fingerprint density at radius 1 is 1.03 bits per heavy atom. The lowest BCUT2D eigenvalue weighted by molar-refractivity contribution is 0.0672. The Morgan fingerprint density at radius 2 is 1.90 bits per heavy atom. The molecule has 4 rings (SSSR count). The predicted octanol–water partition coefficient (Wildman–Crippen LogP) is 3.24. The Hall–Kier alpha value is -2.80. The maximum atomic E-state index is 13.2. The van der Waals surface area contributed by atoms with E-state index in [-0.39, 0.29) is 11.3 Å². The number of piperidine rings is 1. The van der Waals surface area contributed by atoms with Gasteiger partial charge in [0.05, 0.1) is 21.3 Å². The molecule has 1 spiro atoms. The van der Waals surface area contributed by atoms with Crippen molar-refractivity contribution in [2.75, 3.05) is 47.5 Å².